The van der Waals surface area contributed by atoms with Crippen molar-refractivity contribution in [2.75, 3.05) is 13.1 Å². The van der Waals surface area contributed by atoms with Crippen molar-refractivity contribution in [2.24, 2.45) is 0 Å². The minimum absolute atomic E-state index is 0.0662. The van der Waals surface area contributed by atoms with Gasteiger partial charge in [-0.25, -0.2) is 8.42 Å². The molecule has 0 unspecified atom stereocenters. The Bertz CT molecular complexity index is 813. The number of sulfonamides is 1. The average molecular weight is 366 g/mol. The summed E-state index contributed by atoms with van der Waals surface area (Å²) in [6.07, 6.45) is 4.76. The van der Waals surface area contributed by atoms with E-state index in [0.29, 0.717) is 31.0 Å². The van der Waals surface area contributed by atoms with Gasteiger partial charge in [0.1, 0.15) is 5.69 Å². The normalized spacial score (nSPS) is 19.0. The van der Waals surface area contributed by atoms with Gasteiger partial charge in [-0.3, -0.25) is 9.89 Å². The van der Waals surface area contributed by atoms with Gasteiger partial charge in [0.25, 0.3) is 10.0 Å². The van der Waals surface area contributed by atoms with Gasteiger partial charge in [0.05, 0.1) is 0 Å². The van der Waals surface area contributed by atoms with Gasteiger partial charge in [-0.15, -0.1) is 0 Å². The molecular weight excluding hydrogens is 344 g/mol. The number of carbonyl (C=O) groups excluding carboxylic acids is 1. The summed E-state index contributed by atoms with van der Waals surface area (Å²) < 4.78 is 33.1. The molecule has 2 aromatic rings. The van der Waals surface area contributed by atoms with Crippen LogP contribution in [0.3, 0.4) is 0 Å². The molecule has 0 saturated carbocycles. The summed E-state index contributed by atoms with van der Waals surface area (Å²) in [4.78, 5) is 11.0. The topological polar surface area (TPSA) is 108 Å². The van der Waals surface area contributed by atoms with Crippen LogP contribution < -0.4 is 5.32 Å². The van der Waals surface area contributed by atoms with Crippen LogP contribution in [0.2, 0.25) is 0 Å². The largest absolute Gasteiger partial charge is 0.442 e. The standard InChI is InChI=1S/C16H22N4O4S/c1-12(21)17-9-7-13-4-2-3-11-20(13)25(22,23)16-6-5-15(24-16)14-8-10-18-19-14/h5-6,8,10,13H,2-4,7,9,11H2,1H3,(H,17,21)(H,18,19)/t13-/m1/s1. The lowest BCUT2D eigenvalue weighted by Crippen LogP contribution is -2.44. The number of aromatic amines is 1. The van der Waals surface area contributed by atoms with E-state index < -0.39 is 10.0 Å². The number of rotatable bonds is 6. The van der Waals surface area contributed by atoms with Crippen molar-refractivity contribution in [1.82, 2.24) is 19.8 Å². The number of hydrogen-bond acceptors (Lipinski definition) is 5. The van der Waals surface area contributed by atoms with E-state index in [1.807, 2.05) is 0 Å². The van der Waals surface area contributed by atoms with Crippen molar-refractivity contribution < 1.29 is 17.6 Å². The number of hydrogen-bond donors (Lipinski definition) is 2. The third-order valence-electron chi connectivity index (χ3n) is 4.34. The van der Waals surface area contributed by atoms with Crippen molar-refractivity contribution >= 4 is 15.9 Å². The van der Waals surface area contributed by atoms with Crippen LogP contribution in [0, 0.1) is 0 Å². The Kier molecular flexibility index (Phi) is 5.24. The zero-order chi connectivity index (χ0) is 17.9. The van der Waals surface area contributed by atoms with Crippen molar-refractivity contribution in [3.8, 4) is 11.5 Å². The van der Waals surface area contributed by atoms with Gasteiger partial charge in [-0.05, 0) is 37.5 Å². The monoisotopic (exact) mass is 366 g/mol. The van der Waals surface area contributed by atoms with Gasteiger partial charge in [0, 0.05) is 32.3 Å². The summed E-state index contributed by atoms with van der Waals surface area (Å²) in [5, 5.41) is 9.26. The maximum absolute atomic E-state index is 13.0. The molecule has 136 valence electrons. The van der Waals surface area contributed by atoms with Crippen LogP contribution in [0.4, 0.5) is 0 Å². The maximum atomic E-state index is 13.0. The fraction of sp³-hybridized carbons (Fsp3) is 0.500. The highest BCUT2D eigenvalue weighted by atomic mass is 32.2. The van der Waals surface area contributed by atoms with Crippen LogP contribution in [0.15, 0.2) is 33.9 Å². The number of carbonyl (C=O) groups is 1. The van der Waals surface area contributed by atoms with E-state index in [2.05, 4.69) is 15.5 Å². The molecule has 1 amide bonds. The lowest BCUT2D eigenvalue weighted by Gasteiger charge is -2.34. The SMILES string of the molecule is CC(=O)NCC[C@H]1CCCCN1S(=O)(=O)c1ccc(-c2ccn[nH]2)o1. The molecular formula is C16H22N4O4S. The average Bonchev–Trinajstić information content (AvgIpc) is 3.26. The number of nitrogens with one attached hydrogen (secondary N) is 2. The van der Waals surface area contributed by atoms with Crippen LogP contribution >= 0.6 is 0 Å². The van der Waals surface area contributed by atoms with Gasteiger partial charge < -0.3 is 9.73 Å². The predicted octanol–water partition coefficient (Wildman–Crippen LogP) is 1.74. The van der Waals surface area contributed by atoms with Crippen LogP contribution in [0.25, 0.3) is 11.5 Å². The zero-order valence-electron chi connectivity index (χ0n) is 14.1. The first-order valence-electron chi connectivity index (χ1n) is 8.34. The molecule has 8 nitrogen and oxygen atoms in total. The Morgan fingerprint density at radius 2 is 2.24 bits per heavy atom. The molecule has 2 N–H and O–H groups in total. The van der Waals surface area contributed by atoms with E-state index in [-0.39, 0.29) is 17.0 Å². The second-order valence-electron chi connectivity index (χ2n) is 6.13. The van der Waals surface area contributed by atoms with E-state index in [1.54, 1.807) is 18.3 Å². The Labute approximate surface area is 146 Å². The van der Waals surface area contributed by atoms with Gasteiger partial charge in [0.15, 0.2) is 5.76 Å². The highest BCUT2D eigenvalue weighted by molar-refractivity contribution is 7.89. The van der Waals surface area contributed by atoms with Gasteiger partial charge in [0.2, 0.25) is 11.0 Å². The number of piperidine rings is 1. The van der Waals surface area contributed by atoms with E-state index in [4.69, 9.17) is 4.42 Å². The molecule has 0 aromatic carbocycles. The Morgan fingerprint density at radius 3 is 2.96 bits per heavy atom. The van der Waals surface area contributed by atoms with Crippen LogP contribution in [0.1, 0.15) is 32.6 Å². The zero-order valence-corrected chi connectivity index (χ0v) is 14.9. The van der Waals surface area contributed by atoms with Crippen molar-refractivity contribution in [3.05, 3.63) is 24.4 Å². The van der Waals surface area contributed by atoms with E-state index in [0.717, 1.165) is 19.3 Å². The first-order chi connectivity index (χ1) is 12.0. The number of aromatic nitrogens is 2. The molecule has 9 heteroatoms. The minimum Gasteiger partial charge on any atom is -0.442 e. The fourth-order valence-corrected chi connectivity index (χ4v) is 4.74. The first kappa shape index (κ1) is 17.7. The second kappa shape index (κ2) is 7.40. The Balaban J connectivity index is 1.78. The van der Waals surface area contributed by atoms with Gasteiger partial charge in [-0.1, -0.05) is 6.42 Å². The molecule has 1 aliphatic heterocycles. The number of amides is 1. The van der Waals surface area contributed by atoms with E-state index >= 15 is 0 Å². The summed E-state index contributed by atoms with van der Waals surface area (Å²) in [5.41, 5.74) is 0.627. The number of nitrogens with zero attached hydrogens (tertiary/aromatic N) is 2. The minimum atomic E-state index is -3.71. The number of furan rings is 1. The summed E-state index contributed by atoms with van der Waals surface area (Å²) in [5.74, 6) is 0.323. The van der Waals surface area contributed by atoms with Gasteiger partial charge >= 0.3 is 0 Å². The molecule has 1 atom stereocenters. The van der Waals surface area contributed by atoms with Gasteiger partial charge in [-0.2, -0.15) is 9.40 Å². The molecule has 25 heavy (non-hydrogen) atoms. The van der Waals surface area contributed by atoms with Crippen LogP contribution in [0.5, 0.6) is 0 Å². The lowest BCUT2D eigenvalue weighted by atomic mass is 10.0. The van der Waals surface area contributed by atoms with Crippen molar-refractivity contribution in [2.45, 2.75) is 43.7 Å². The van der Waals surface area contributed by atoms with E-state index in [1.165, 1.54) is 17.3 Å². The molecule has 0 bridgehead atoms. The second-order valence-corrected chi connectivity index (χ2v) is 7.95. The summed E-state index contributed by atoms with van der Waals surface area (Å²) in [6, 6.07) is 4.68. The summed E-state index contributed by atoms with van der Waals surface area (Å²) in [6.45, 7) is 2.38. The van der Waals surface area contributed by atoms with Crippen molar-refractivity contribution in [1.29, 1.82) is 0 Å². The predicted molar refractivity (Wildman–Crippen MR) is 91.1 cm³/mol. The highest BCUT2D eigenvalue weighted by Gasteiger charge is 2.35. The third-order valence-corrected chi connectivity index (χ3v) is 6.16. The fourth-order valence-electron chi connectivity index (χ4n) is 3.11. The first-order valence-corrected chi connectivity index (χ1v) is 9.78. The molecule has 2 aromatic heterocycles. The van der Waals surface area contributed by atoms with E-state index in [9.17, 15) is 13.2 Å². The van der Waals surface area contributed by atoms with Crippen molar-refractivity contribution in [3.63, 3.8) is 0 Å². The molecule has 3 rings (SSSR count). The van der Waals surface area contributed by atoms with Crippen LogP contribution in [-0.2, 0) is 14.8 Å². The van der Waals surface area contributed by atoms with Crippen LogP contribution in [-0.4, -0.2) is 48.0 Å². The summed E-state index contributed by atoms with van der Waals surface area (Å²) >= 11 is 0. The Hall–Kier alpha value is -2.13. The number of H-pyrrole nitrogens is 1. The molecule has 0 radical (unpaired) electrons. The molecule has 1 aliphatic rings. The molecule has 0 spiro atoms. The highest BCUT2D eigenvalue weighted by Crippen LogP contribution is 2.30. The Morgan fingerprint density at radius 1 is 1.40 bits per heavy atom. The molecule has 1 saturated heterocycles. The smallest absolute Gasteiger partial charge is 0.276 e. The molecule has 3 heterocycles. The molecule has 0 aliphatic carbocycles. The maximum Gasteiger partial charge on any atom is 0.276 e. The molecule has 1 fully saturated rings. The third kappa shape index (κ3) is 3.93. The lowest BCUT2D eigenvalue weighted by molar-refractivity contribution is -0.119. The summed E-state index contributed by atoms with van der Waals surface area (Å²) in [7, 11) is -3.71. The quantitative estimate of drug-likeness (QED) is 0.809.